The fraction of sp³-hybridized carbons (Fsp3) is 0. The molecule has 0 saturated carbocycles. The molecule has 0 aromatic carbocycles. The van der Waals surface area contributed by atoms with E-state index in [1.54, 1.807) is 12.1 Å². The Kier molecular flexibility index (Phi) is 2.42. The van der Waals surface area contributed by atoms with Crippen LogP contribution >= 0.6 is 11.8 Å². The molecule has 1 saturated heterocycles. The zero-order valence-electron chi connectivity index (χ0n) is 7.44. The summed E-state index contributed by atoms with van der Waals surface area (Å²) in [6.07, 6.45) is 2.89. The van der Waals surface area contributed by atoms with Gasteiger partial charge in [0.05, 0.1) is 4.91 Å². The molecule has 2 amide bonds. The first-order chi connectivity index (χ1) is 7.16. The summed E-state index contributed by atoms with van der Waals surface area (Å²) < 4.78 is 0. The van der Waals surface area contributed by atoms with Crippen molar-refractivity contribution >= 4 is 29.0 Å². The summed E-state index contributed by atoms with van der Waals surface area (Å²) in [5, 5.41) is 1.69. The number of H-pyrrole nitrogens is 1. The maximum atomic E-state index is 11.3. The lowest BCUT2D eigenvalue weighted by Crippen LogP contribution is -2.18. The first-order valence-electron chi connectivity index (χ1n) is 4.09. The molecule has 0 radical (unpaired) electrons. The maximum absolute atomic E-state index is 11.3. The molecule has 0 bridgehead atoms. The first kappa shape index (κ1) is 9.72. The highest BCUT2D eigenvalue weighted by atomic mass is 32.2. The molecule has 6 heteroatoms. The molecule has 1 aliphatic heterocycles. The van der Waals surface area contributed by atoms with Crippen molar-refractivity contribution in [1.29, 1.82) is 0 Å². The predicted molar refractivity (Wildman–Crippen MR) is 56.2 cm³/mol. The van der Waals surface area contributed by atoms with E-state index in [0.29, 0.717) is 5.56 Å². The van der Waals surface area contributed by atoms with Gasteiger partial charge in [0.25, 0.3) is 16.7 Å². The van der Waals surface area contributed by atoms with Gasteiger partial charge in [0.1, 0.15) is 0 Å². The quantitative estimate of drug-likeness (QED) is 0.685. The van der Waals surface area contributed by atoms with Crippen LogP contribution in [0.3, 0.4) is 0 Å². The van der Waals surface area contributed by atoms with Gasteiger partial charge in [-0.3, -0.25) is 19.7 Å². The molecule has 0 unspecified atom stereocenters. The van der Waals surface area contributed by atoms with Crippen LogP contribution < -0.4 is 10.9 Å². The van der Waals surface area contributed by atoms with Crippen molar-refractivity contribution in [2.24, 2.45) is 0 Å². The number of hydrogen-bond acceptors (Lipinski definition) is 4. The first-order valence-corrected chi connectivity index (χ1v) is 4.91. The minimum absolute atomic E-state index is 0.233. The molecule has 0 aliphatic carbocycles. The number of carbonyl (C=O) groups excluding carboxylic acids is 2. The molecular weight excluding hydrogens is 216 g/mol. The second kappa shape index (κ2) is 3.74. The van der Waals surface area contributed by atoms with Crippen molar-refractivity contribution in [3.05, 3.63) is 39.2 Å². The van der Waals surface area contributed by atoms with Crippen molar-refractivity contribution in [1.82, 2.24) is 10.3 Å². The lowest BCUT2D eigenvalue weighted by molar-refractivity contribution is -0.115. The van der Waals surface area contributed by atoms with Crippen LogP contribution in [0.25, 0.3) is 6.08 Å². The molecule has 1 fully saturated rings. The number of rotatable bonds is 1. The van der Waals surface area contributed by atoms with Crippen LogP contribution in [0.5, 0.6) is 0 Å². The highest BCUT2D eigenvalue weighted by Gasteiger charge is 2.25. The van der Waals surface area contributed by atoms with Gasteiger partial charge in [-0.1, -0.05) is 0 Å². The minimum Gasteiger partial charge on any atom is -0.329 e. The number of aromatic amines is 1. The van der Waals surface area contributed by atoms with Crippen LogP contribution in [-0.2, 0) is 4.79 Å². The van der Waals surface area contributed by atoms with E-state index in [-0.39, 0.29) is 10.5 Å². The smallest absolute Gasteiger partial charge is 0.290 e. The largest absolute Gasteiger partial charge is 0.329 e. The Balaban J connectivity index is 2.39. The summed E-state index contributed by atoms with van der Waals surface area (Å²) in [4.78, 5) is 36.0. The lowest BCUT2D eigenvalue weighted by atomic mass is 10.2. The van der Waals surface area contributed by atoms with Crippen molar-refractivity contribution in [2.75, 3.05) is 0 Å². The van der Waals surface area contributed by atoms with E-state index < -0.39 is 11.1 Å². The number of nitrogens with one attached hydrogen (secondary N) is 2. The molecule has 5 nitrogen and oxygen atoms in total. The van der Waals surface area contributed by atoms with Crippen LogP contribution in [0, 0.1) is 0 Å². The Hall–Kier alpha value is -1.82. The third kappa shape index (κ3) is 1.99. The number of aromatic nitrogens is 1. The number of amides is 2. The zero-order valence-corrected chi connectivity index (χ0v) is 8.26. The normalized spacial score (nSPS) is 18.3. The summed E-state index contributed by atoms with van der Waals surface area (Å²) in [6, 6.07) is 3.22. The van der Waals surface area contributed by atoms with Gasteiger partial charge in [-0.15, -0.1) is 0 Å². The fourth-order valence-corrected chi connectivity index (χ4v) is 1.78. The predicted octanol–water partition coefficient (Wildman–Crippen LogP) is 0.699. The Morgan fingerprint density at radius 1 is 1.27 bits per heavy atom. The maximum Gasteiger partial charge on any atom is 0.290 e. The standard InChI is InChI=1S/C9H6N2O3S/c12-7-5(2-1-3-10-7)4-6-8(13)11-9(14)15-6/h1-4H,(H,10,12)(H,11,13,14)/b6-4+. The van der Waals surface area contributed by atoms with Crippen molar-refractivity contribution in [3.63, 3.8) is 0 Å². The Bertz CT molecular complexity index is 518. The van der Waals surface area contributed by atoms with Crippen molar-refractivity contribution in [2.45, 2.75) is 0 Å². The van der Waals surface area contributed by atoms with Crippen LogP contribution in [0.2, 0.25) is 0 Å². The number of imide groups is 1. The van der Waals surface area contributed by atoms with E-state index in [9.17, 15) is 14.4 Å². The number of carbonyl (C=O) groups is 2. The fourth-order valence-electron chi connectivity index (χ4n) is 1.11. The monoisotopic (exact) mass is 222 g/mol. The molecule has 0 atom stereocenters. The molecule has 2 rings (SSSR count). The van der Waals surface area contributed by atoms with Gasteiger partial charge in [0.2, 0.25) is 0 Å². The van der Waals surface area contributed by atoms with E-state index in [0.717, 1.165) is 11.8 Å². The Labute approximate surface area is 88.6 Å². The zero-order chi connectivity index (χ0) is 10.8. The molecule has 15 heavy (non-hydrogen) atoms. The molecule has 2 N–H and O–H groups in total. The molecule has 1 aromatic heterocycles. The number of hydrogen-bond donors (Lipinski definition) is 2. The van der Waals surface area contributed by atoms with Gasteiger partial charge in [-0.25, -0.2) is 0 Å². The summed E-state index contributed by atoms with van der Waals surface area (Å²) in [6.45, 7) is 0. The van der Waals surface area contributed by atoms with E-state index in [1.807, 2.05) is 0 Å². The third-order valence-electron chi connectivity index (χ3n) is 1.78. The van der Waals surface area contributed by atoms with E-state index in [1.165, 1.54) is 12.3 Å². The molecular formula is C9H6N2O3S. The van der Waals surface area contributed by atoms with Gasteiger partial charge in [-0.2, -0.15) is 0 Å². The van der Waals surface area contributed by atoms with Crippen LogP contribution in [0.15, 0.2) is 28.0 Å². The van der Waals surface area contributed by atoms with E-state index in [2.05, 4.69) is 10.3 Å². The molecule has 76 valence electrons. The van der Waals surface area contributed by atoms with Crippen molar-refractivity contribution in [3.8, 4) is 0 Å². The highest BCUT2D eigenvalue weighted by Crippen LogP contribution is 2.24. The summed E-state index contributed by atoms with van der Waals surface area (Å²) in [7, 11) is 0. The van der Waals surface area contributed by atoms with Gasteiger partial charge in [0, 0.05) is 11.8 Å². The second-order valence-electron chi connectivity index (χ2n) is 2.81. The van der Waals surface area contributed by atoms with E-state index in [4.69, 9.17) is 0 Å². The molecule has 1 aliphatic rings. The van der Waals surface area contributed by atoms with Crippen LogP contribution in [-0.4, -0.2) is 16.1 Å². The summed E-state index contributed by atoms with van der Waals surface area (Å²) in [5.41, 5.74) is 0.0580. The Morgan fingerprint density at radius 3 is 2.67 bits per heavy atom. The van der Waals surface area contributed by atoms with E-state index >= 15 is 0 Å². The van der Waals surface area contributed by atoms with Gasteiger partial charge in [0.15, 0.2) is 0 Å². The Morgan fingerprint density at radius 2 is 2.07 bits per heavy atom. The van der Waals surface area contributed by atoms with Gasteiger partial charge < -0.3 is 4.98 Å². The third-order valence-corrected chi connectivity index (χ3v) is 2.59. The van der Waals surface area contributed by atoms with Crippen LogP contribution in [0.4, 0.5) is 4.79 Å². The van der Waals surface area contributed by atoms with Gasteiger partial charge in [-0.05, 0) is 30.0 Å². The van der Waals surface area contributed by atoms with Crippen LogP contribution in [0.1, 0.15) is 5.56 Å². The highest BCUT2D eigenvalue weighted by molar-refractivity contribution is 8.18. The average Bonchev–Trinajstić information content (AvgIpc) is 2.49. The summed E-state index contributed by atoms with van der Waals surface area (Å²) in [5.74, 6) is -0.465. The number of pyridine rings is 1. The second-order valence-corrected chi connectivity index (χ2v) is 3.82. The summed E-state index contributed by atoms with van der Waals surface area (Å²) >= 11 is 0.786. The van der Waals surface area contributed by atoms with Crippen molar-refractivity contribution < 1.29 is 9.59 Å². The van der Waals surface area contributed by atoms with Gasteiger partial charge >= 0.3 is 0 Å². The number of thioether (sulfide) groups is 1. The molecule has 2 heterocycles. The average molecular weight is 222 g/mol. The minimum atomic E-state index is -0.465. The SMILES string of the molecule is O=C1NC(=O)/C(=C\c2ccc[nH]c2=O)S1. The molecule has 0 spiro atoms. The molecule has 1 aromatic rings. The topological polar surface area (TPSA) is 79.0 Å². The lowest BCUT2D eigenvalue weighted by Gasteiger charge is -1.92.